The Hall–Kier alpha value is -2.16. The van der Waals surface area contributed by atoms with Crippen molar-refractivity contribution in [3.8, 4) is 0 Å². The molecule has 0 aromatic heterocycles. The predicted octanol–water partition coefficient (Wildman–Crippen LogP) is 3.44. The summed E-state index contributed by atoms with van der Waals surface area (Å²) in [4.78, 5) is 17.8. The number of nitrogens with one attached hydrogen (secondary N) is 2. The van der Waals surface area contributed by atoms with Gasteiger partial charge in [0.2, 0.25) is 5.91 Å². The zero-order valence-corrected chi connectivity index (χ0v) is 17.6. The first kappa shape index (κ1) is 21.1. The Kier molecular flexibility index (Phi) is 8.02. The summed E-state index contributed by atoms with van der Waals surface area (Å²) in [5.41, 5.74) is 2.61. The van der Waals surface area contributed by atoms with E-state index in [-0.39, 0.29) is 35.7 Å². The highest BCUT2D eigenvalue weighted by Crippen LogP contribution is 2.21. The third-order valence-corrected chi connectivity index (χ3v) is 4.41. The molecule has 5 nitrogen and oxygen atoms in total. The molecule has 0 radical (unpaired) electrons. The van der Waals surface area contributed by atoms with E-state index >= 15 is 0 Å². The van der Waals surface area contributed by atoms with Crippen molar-refractivity contribution >= 4 is 41.5 Å². The minimum absolute atomic E-state index is 0. The Labute approximate surface area is 176 Å². The first-order valence-corrected chi connectivity index (χ1v) is 8.74. The van der Waals surface area contributed by atoms with E-state index in [4.69, 9.17) is 0 Å². The number of carbonyl (C=O) groups excluding carboxylic acids is 1. The molecule has 0 saturated carbocycles. The maximum absolute atomic E-state index is 13.7. The van der Waals surface area contributed by atoms with Gasteiger partial charge in [-0.2, -0.15) is 0 Å². The van der Waals surface area contributed by atoms with Gasteiger partial charge in [-0.25, -0.2) is 4.39 Å². The molecule has 144 valence electrons. The lowest BCUT2D eigenvalue weighted by atomic mass is 10.2. The second-order valence-electron chi connectivity index (χ2n) is 6.19. The predicted molar refractivity (Wildman–Crippen MR) is 117 cm³/mol. The Morgan fingerprint density at radius 2 is 1.81 bits per heavy atom. The minimum Gasteiger partial charge on any atom is -0.352 e. The van der Waals surface area contributed by atoms with Gasteiger partial charge >= 0.3 is 0 Å². The summed E-state index contributed by atoms with van der Waals surface area (Å²) >= 11 is 0. The van der Waals surface area contributed by atoms with Crippen molar-refractivity contribution in [1.29, 1.82) is 0 Å². The van der Waals surface area contributed by atoms with Crippen molar-refractivity contribution < 1.29 is 9.18 Å². The highest BCUT2D eigenvalue weighted by Gasteiger charge is 2.21. The third-order valence-electron chi connectivity index (χ3n) is 4.41. The molecule has 1 heterocycles. The van der Waals surface area contributed by atoms with Crippen LogP contribution in [-0.2, 0) is 17.9 Å². The van der Waals surface area contributed by atoms with Crippen molar-refractivity contribution in [3.05, 3.63) is 65.5 Å². The largest absolute Gasteiger partial charge is 0.352 e. The van der Waals surface area contributed by atoms with Gasteiger partial charge in [-0.15, -0.1) is 24.0 Å². The van der Waals surface area contributed by atoms with Gasteiger partial charge in [0.05, 0.1) is 0 Å². The molecule has 2 N–H and O–H groups in total. The lowest BCUT2D eigenvalue weighted by Gasteiger charge is -2.16. The van der Waals surface area contributed by atoms with Crippen LogP contribution in [0.3, 0.4) is 0 Å². The topological polar surface area (TPSA) is 56.7 Å². The lowest BCUT2D eigenvalue weighted by molar-refractivity contribution is -0.117. The summed E-state index contributed by atoms with van der Waals surface area (Å²) in [7, 11) is 1.68. The molecule has 27 heavy (non-hydrogen) atoms. The Bertz CT molecular complexity index is 795. The molecule has 1 amide bonds. The number of amides is 1. The summed E-state index contributed by atoms with van der Waals surface area (Å²) in [6.45, 7) is 1.75. The molecule has 0 atom stereocenters. The molecule has 0 spiro atoms. The van der Waals surface area contributed by atoms with Crippen LogP contribution in [-0.4, -0.2) is 25.5 Å². The maximum Gasteiger partial charge on any atom is 0.227 e. The fourth-order valence-electron chi connectivity index (χ4n) is 2.94. The number of hydrogen-bond acceptors (Lipinski definition) is 2. The van der Waals surface area contributed by atoms with Crippen molar-refractivity contribution in [2.75, 3.05) is 18.5 Å². The van der Waals surface area contributed by atoms with Crippen LogP contribution in [0.5, 0.6) is 0 Å². The Morgan fingerprint density at radius 1 is 1.11 bits per heavy atom. The fourth-order valence-corrected chi connectivity index (χ4v) is 2.94. The van der Waals surface area contributed by atoms with Crippen LogP contribution < -0.4 is 15.5 Å². The zero-order chi connectivity index (χ0) is 18.4. The quantitative estimate of drug-likeness (QED) is 0.390. The number of rotatable bonds is 5. The number of halogens is 2. The average Bonchev–Trinajstić information content (AvgIpc) is 3.09. The van der Waals surface area contributed by atoms with E-state index < -0.39 is 0 Å². The molecular weight excluding hydrogens is 458 g/mol. The van der Waals surface area contributed by atoms with Crippen molar-refractivity contribution in [2.45, 2.75) is 25.9 Å². The minimum atomic E-state index is -0.234. The SMILES string of the molecule is CN=C(NCc1ccc(N2CCCC2=O)cc1)NCc1ccccc1F.I. The number of nitrogens with zero attached hydrogens (tertiary/aromatic N) is 2. The first-order chi connectivity index (χ1) is 12.7. The smallest absolute Gasteiger partial charge is 0.227 e. The summed E-state index contributed by atoms with van der Waals surface area (Å²) in [6.07, 6.45) is 1.56. The van der Waals surface area contributed by atoms with Crippen molar-refractivity contribution in [1.82, 2.24) is 10.6 Å². The molecule has 2 aromatic rings. The monoisotopic (exact) mass is 482 g/mol. The maximum atomic E-state index is 13.7. The molecule has 0 unspecified atom stereocenters. The highest BCUT2D eigenvalue weighted by molar-refractivity contribution is 14.0. The molecule has 0 bridgehead atoms. The first-order valence-electron chi connectivity index (χ1n) is 8.74. The zero-order valence-electron chi connectivity index (χ0n) is 15.2. The van der Waals surface area contributed by atoms with Crippen molar-refractivity contribution in [3.63, 3.8) is 0 Å². The molecular formula is C20H24FIN4O. The standard InChI is InChI=1S/C20H23FN4O.HI/c1-22-20(24-14-16-5-2-3-6-18(16)21)23-13-15-8-10-17(11-9-15)25-12-4-7-19(25)26;/h2-3,5-6,8-11H,4,7,12-14H2,1H3,(H2,22,23,24);1H. The van der Waals surface area contributed by atoms with Gasteiger partial charge in [0.15, 0.2) is 5.96 Å². The van der Waals surface area contributed by atoms with Gasteiger partial charge in [-0.3, -0.25) is 9.79 Å². The molecule has 3 rings (SSSR count). The molecule has 1 saturated heterocycles. The van der Waals surface area contributed by atoms with E-state index in [9.17, 15) is 9.18 Å². The molecule has 1 aliphatic rings. The van der Waals surface area contributed by atoms with Gasteiger partial charge in [0.1, 0.15) is 5.82 Å². The molecule has 0 aliphatic carbocycles. The number of anilines is 1. The van der Waals surface area contributed by atoms with E-state index in [0.29, 0.717) is 31.0 Å². The normalized spacial score (nSPS) is 14.1. The van der Waals surface area contributed by atoms with Crippen LogP contribution in [0.1, 0.15) is 24.0 Å². The van der Waals surface area contributed by atoms with Gasteiger partial charge < -0.3 is 15.5 Å². The number of hydrogen-bond donors (Lipinski definition) is 2. The third kappa shape index (κ3) is 5.66. The summed E-state index contributed by atoms with van der Waals surface area (Å²) in [5, 5.41) is 6.31. The highest BCUT2D eigenvalue weighted by atomic mass is 127. The van der Waals surface area contributed by atoms with Gasteiger partial charge in [0.25, 0.3) is 0 Å². The van der Waals surface area contributed by atoms with Crippen LogP contribution in [0, 0.1) is 5.82 Å². The summed E-state index contributed by atoms with van der Waals surface area (Å²) in [6, 6.07) is 14.6. The second kappa shape index (κ2) is 10.2. The van der Waals surface area contributed by atoms with Crippen LogP contribution in [0.2, 0.25) is 0 Å². The number of aliphatic imine (C=N–C) groups is 1. The van der Waals surface area contributed by atoms with E-state index in [1.165, 1.54) is 6.07 Å². The second-order valence-corrected chi connectivity index (χ2v) is 6.19. The lowest BCUT2D eigenvalue weighted by Crippen LogP contribution is -2.36. The molecule has 2 aromatic carbocycles. The van der Waals surface area contributed by atoms with E-state index in [0.717, 1.165) is 24.2 Å². The van der Waals surface area contributed by atoms with Crippen LogP contribution >= 0.6 is 24.0 Å². The van der Waals surface area contributed by atoms with Gasteiger partial charge in [-0.1, -0.05) is 30.3 Å². The number of carbonyl (C=O) groups is 1. The number of benzene rings is 2. The van der Waals surface area contributed by atoms with Gasteiger partial charge in [-0.05, 0) is 30.2 Å². The van der Waals surface area contributed by atoms with E-state index in [1.54, 1.807) is 19.2 Å². The summed E-state index contributed by atoms with van der Waals surface area (Å²) in [5.74, 6) is 0.558. The summed E-state index contributed by atoms with van der Waals surface area (Å²) < 4.78 is 13.7. The number of guanidine groups is 1. The molecule has 1 aliphatic heterocycles. The van der Waals surface area contributed by atoms with Crippen LogP contribution in [0.4, 0.5) is 10.1 Å². The van der Waals surface area contributed by atoms with Crippen LogP contribution in [0.15, 0.2) is 53.5 Å². The molecule has 7 heteroatoms. The fraction of sp³-hybridized carbons (Fsp3) is 0.300. The molecule has 1 fully saturated rings. The Morgan fingerprint density at radius 3 is 2.44 bits per heavy atom. The van der Waals surface area contributed by atoms with Crippen LogP contribution in [0.25, 0.3) is 0 Å². The Balaban J connectivity index is 0.00000261. The van der Waals surface area contributed by atoms with E-state index in [2.05, 4.69) is 15.6 Å². The van der Waals surface area contributed by atoms with Gasteiger partial charge in [0, 0.05) is 44.4 Å². The van der Waals surface area contributed by atoms with Crippen molar-refractivity contribution in [2.24, 2.45) is 4.99 Å². The average molecular weight is 482 g/mol. The van der Waals surface area contributed by atoms with E-state index in [1.807, 2.05) is 35.2 Å².